The first kappa shape index (κ1) is 16.0. The van der Waals surface area contributed by atoms with Gasteiger partial charge in [0.1, 0.15) is 0 Å². The zero-order valence-electron chi connectivity index (χ0n) is 14.2. The Morgan fingerprint density at radius 1 is 1.00 bits per heavy atom. The Bertz CT molecular complexity index is 612. The number of carbonyl (C=O) groups excluding carboxylic acids is 1. The number of hydrogen-bond acceptors (Lipinski definition) is 1. The van der Waals surface area contributed by atoms with Gasteiger partial charge in [0.05, 0.1) is 0 Å². The highest BCUT2D eigenvalue weighted by molar-refractivity contribution is 6.01. The molecule has 2 aliphatic rings. The number of unbranched alkanes of at least 4 members (excludes halogenated alkanes) is 3. The monoisotopic (exact) mass is 309 g/mol. The molecule has 0 bridgehead atoms. The van der Waals surface area contributed by atoms with Crippen LogP contribution >= 0.6 is 0 Å². The van der Waals surface area contributed by atoms with Gasteiger partial charge in [0, 0.05) is 17.8 Å². The van der Waals surface area contributed by atoms with Gasteiger partial charge in [-0.05, 0) is 49.3 Å². The topological polar surface area (TPSA) is 20.3 Å². The SMILES string of the molecule is CCCCCCN1C(=O)C2=C(CCCC2)/C1=C\c1ccccc1. The predicted molar refractivity (Wildman–Crippen MR) is 95.8 cm³/mol. The van der Waals surface area contributed by atoms with E-state index < -0.39 is 0 Å². The van der Waals surface area contributed by atoms with Gasteiger partial charge < -0.3 is 4.90 Å². The van der Waals surface area contributed by atoms with Crippen LogP contribution in [-0.2, 0) is 4.79 Å². The van der Waals surface area contributed by atoms with Crippen molar-refractivity contribution < 1.29 is 4.79 Å². The molecule has 2 nitrogen and oxygen atoms in total. The van der Waals surface area contributed by atoms with Crippen LogP contribution in [0.3, 0.4) is 0 Å². The van der Waals surface area contributed by atoms with E-state index in [-0.39, 0.29) is 5.91 Å². The maximum Gasteiger partial charge on any atom is 0.254 e. The fourth-order valence-electron chi connectivity index (χ4n) is 3.65. The van der Waals surface area contributed by atoms with Crippen LogP contribution in [0.5, 0.6) is 0 Å². The largest absolute Gasteiger partial charge is 0.308 e. The second-order valence-electron chi connectivity index (χ2n) is 6.62. The zero-order chi connectivity index (χ0) is 16.1. The molecule has 0 saturated carbocycles. The van der Waals surface area contributed by atoms with Crippen molar-refractivity contribution in [3.05, 3.63) is 52.7 Å². The molecule has 0 spiro atoms. The second-order valence-corrected chi connectivity index (χ2v) is 6.62. The van der Waals surface area contributed by atoms with Crippen molar-refractivity contribution in [2.45, 2.75) is 58.3 Å². The first-order valence-corrected chi connectivity index (χ1v) is 9.12. The van der Waals surface area contributed by atoms with E-state index in [1.807, 2.05) is 6.07 Å². The molecule has 0 saturated heterocycles. The minimum Gasteiger partial charge on any atom is -0.308 e. The molecule has 1 aromatic rings. The van der Waals surface area contributed by atoms with Crippen molar-refractivity contribution in [2.24, 2.45) is 0 Å². The van der Waals surface area contributed by atoms with Crippen LogP contribution in [0.1, 0.15) is 63.9 Å². The average Bonchev–Trinajstić information content (AvgIpc) is 2.85. The van der Waals surface area contributed by atoms with Gasteiger partial charge in [-0.25, -0.2) is 0 Å². The zero-order valence-corrected chi connectivity index (χ0v) is 14.2. The van der Waals surface area contributed by atoms with Crippen LogP contribution in [0.2, 0.25) is 0 Å². The standard InChI is InChI=1S/C21H27NO/c1-2-3-4-10-15-22-20(16-17-11-6-5-7-12-17)18-13-8-9-14-19(18)21(22)23/h5-7,11-12,16H,2-4,8-10,13-15H2,1H3/b20-16+. The molecule has 1 aliphatic carbocycles. The van der Waals surface area contributed by atoms with Gasteiger partial charge in [0.25, 0.3) is 5.91 Å². The number of nitrogens with zero attached hydrogens (tertiary/aromatic N) is 1. The number of allylic oxidation sites excluding steroid dienone is 1. The van der Waals surface area contributed by atoms with Crippen molar-refractivity contribution in [1.82, 2.24) is 4.90 Å². The molecule has 122 valence electrons. The van der Waals surface area contributed by atoms with Crippen LogP contribution in [0.25, 0.3) is 6.08 Å². The van der Waals surface area contributed by atoms with Crippen LogP contribution in [0.15, 0.2) is 47.2 Å². The Morgan fingerprint density at radius 3 is 2.48 bits per heavy atom. The van der Waals surface area contributed by atoms with E-state index in [1.165, 1.54) is 42.5 Å². The summed E-state index contributed by atoms with van der Waals surface area (Å²) in [6.07, 6.45) is 11.4. The van der Waals surface area contributed by atoms with E-state index >= 15 is 0 Å². The Balaban J connectivity index is 1.85. The van der Waals surface area contributed by atoms with Crippen molar-refractivity contribution >= 4 is 12.0 Å². The van der Waals surface area contributed by atoms with E-state index in [4.69, 9.17) is 0 Å². The lowest BCUT2D eigenvalue weighted by molar-refractivity contribution is -0.124. The van der Waals surface area contributed by atoms with Gasteiger partial charge >= 0.3 is 0 Å². The average molecular weight is 309 g/mol. The summed E-state index contributed by atoms with van der Waals surface area (Å²) < 4.78 is 0. The lowest BCUT2D eigenvalue weighted by atomic mass is 9.92. The third kappa shape index (κ3) is 3.57. The second kappa shape index (κ2) is 7.63. The lowest BCUT2D eigenvalue weighted by Crippen LogP contribution is -2.27. The summed E-state index contributed by atoms with van der Waals surface area (Å²) in [7, 11) is 0. The molecule has 0 radical (unpaired) electrons. The molecular weight excluding hydrogens is 282 g/mol. The third-order valence-electron chi connectivity index (χ3n) is 4.91. The predicted octanol–water partition coefficient (Wildman–Crippen LogP) is 5.32. The number of carbonyl (C=O) groups is 1. The molecule has 1 aromatic carbocycles. The van der Waals surface area contributed by atoms with Gasteiger partial charge in [-0.1, -0.05) is 56.5 Å². The molecule has 0 N–H and O–H groups in total. The lowest BCUT2D eigenvalue weighted by Gasteiger charge is -2.20. The summed E-state index contributed by atoms with van der Waals surface area (Å²) in [5, 5.41) is 0. The summed E-state index contributed by atoms with van der Waals surface area (Å²) in [5.41, 5.74) is 4.77. The summed E-state index contributed by atoms with van der Waals surface area (Å²) in [6, 6.07) is 10.4. The highest BCUT2D eigenvalue weighted by atomic mass is 16.2. The molecule has 0 atom stereocenters. The van der Waals surface area contributed by atoms with Crippen molar-refractivity contribution in [2.75, 3.05) is 6.54 Å². The summed E-state index contributed by atoms with van der Waals surface area (Å²) in [6.45, 7) is 3.09. The first-order chi connectivity index (χ1) is 11.3. The molecule has 1 aliphatic heterocycles. The smallest absolute Gasteiger partial charge is 0.254 e. The maximum absolute atomic E-state index is 12.8. The van der Waals surface area contributed by atoms with Crippen molar-refractivity contribution in [3.63, 3.8) is 0 Å². The molecule has 3 rings (SSSR count). The number of hydrogen-bond donors (Lipinski definition) is 0. The van der Waals surface area contributed by atoms with Crippen LogP contribution < -0.4 is 0 Å². The van der Waals surface area contributed by atoms with Crippen molar-refractivity contribution in [3.8, 4) is 0 Å². The molecule has 1 amide bonds. The van der Waals surface area contributed by atoms with Crippen molar-refractivity contribution in [1.29, 1.82) is 0 Å². The Morgan fingerprint density at radius 2 is 1.74 bits per heavy atom. The third-order valence-corrected chi connectivity index (χ3v) is 4.91. The molecule has 0 aromatic heterocycles. The fraction of sp³-hybridized carbons (Fsp3) is 0.476. The van der Waals surface area contributed by atoms with E-state index in [0.29, 0.717) is 0 Å². The van der Waals surface area contributed by atoms with Gasteiger partial charge in [-0.3, -0.25) is 4.79 Å². The van der Waals surface area contributed by atoms with E-state index in [9.17, 15) is 4.79 Å². The minimum atomic E-state index is 0.276. The number of benzene rings is 1. The summed E-state index contributed by atoms with van der Waals surface area (Å²) in [5.74, 6) is 0.276. The fourth-order valence-corrected chi connectivity index (χ4v) is 3.65. The Hall–Kier alpha value is -1.83. The summed E-state index contributed by atoms with van der Waals surface area (Å²) in [4.78, 5) is 14.9. The molecule has 0 unspecified atom stereocenters. The molecule has 1 heterocycles. The van der Waals surface area contributed by atoms with E-state index in [1.54, 1.807) is 0 Å². The van der Waals surface area contributed by atoms with Crippen LogP contribution in [0, 0.1) is 0 Å². The van der Waals surface area contributed by atoms with Gasteiger partial charge in [-0.2, -0.15) is 0 Å². The van der Waals surface area contributed by atoms with Gasteiger partial charge in [0.2, 0.25) is 0 Å². The molecule has 23 heavy (non-hydrogen) atoms. The maximum atomic E-state index is 12.8. The van der Waals surface area contributed by atoms with Gasteiger partial charge in [-0.15, -0.1) is 0 Å². The normalized spacial score (nSPS) is 19.6. The summed E-state index contributed by atoms with van der Waals surface area (Å²) >= 11 is 0. The molecule has 2 heteroatoms. The van der Waals surface area contributed by atoms with E-state index in [2.05, 4.69) is 42.2 Å². The number of rotatable bonds is 6. The first-order valence-electron chi connectivity index (χ1n) is 9.12. The van der Waals surface area contributed by atoms with Gasteiger partial charge in [0.15, 0.2) is 0 Å². The quantitative estimate of drug-likeness (QED) is 0.651. The highest BCUT2D eigenvalue weighted by Gasteiger charge is 2.35. The van der Waals surface area contributed by atoms with Crippen LogP contribution in [0.4, 0.5) is 0 Å². The Labute approximate surface area is 139 Å². The van der Waals surface area contributed by atoms with Crippen LogP contribution in [-0.4, -0.2) is 17.4 Å². The molecule has 0 fully saturated rings. The molecular formula is C21H27NO. The minimum absolute atomic E-state index is 0.276. The highest BCUT2D eigenvalue weighted by Crippen LogP contribution is 2.39. The Kier molecular flexibility index (Phi) is 5.32. The number of amides is 1. The van der Waals surface area contributed by atoms with E-state index in [0.717, 1.165) is 37.8 Å².